The third-order valence-corrected chi connectivity index (χ3v) is 2.69. The average molecular weight is 234 g/mol. The molecule has 0 atom stereocenters. The Morgan fingerprint density at radius 2 is 2.06 bits per heavy atom. The van der Waals surface area contributed by atoms with E-state index in [4.69, 9.17) is 0 Å². The van der Waals surface area contributed by atoms with Crippen LogP contribution in [0.1, 0.15) is 24.5 Å². The molecule has 1 N–H and O–H groups in total. The van der Waals surface area contributed by atoms with Crippen LogP contribution >= 0.6 is 0 Å². The fraction of sp³-hybridized carbons (Fsp3) is 0.500. The molecule has 0 heterocycles. The first kappa shape index (κ1) is 13.7. The summed E-state index contributed by atoms with van der Waals surface area (Å²) in [6, 6.07) is 8.27. The lowest BCUT2D eigenvalue weighted by Crippen LogP contribution is -2.35. The SMILES string of the molecule is CCCNC(=O)CN(C)Cc1ccccc1C. The zero-order valence-corrected chi connectivity index (χ0v) is 11.0. The molecule has 0 aromatic heterocycles. The molecule has 0 radical (unpaired) electrons. The standard InChI is InChI=1S/C14H22N2O/c1-4-9-15-14(17)11-16(3)10-13-8-6-5-7-12(13)2/h5-8H,4,9-11H2,1-3H3,(H,15,17). The fourth-order valence-electron chi connectivity index (χ4n) is 1.70. The number of rotatable bonds is 6. The summed E-state index contributed by atoms with van der Waals surface area (Å²) in [7, 11) is 1.97. The zero-order chi connectivity index (χ0) is 12.7. The number of likely N-dealkylation sites (N-methyl/N-ethyl adjacent to an activating group) is 1. The normalized spacial score (nSPS) is 10.6. The largest absolute Gasteiger partial charge is 0.355 e. The van der Waals surface area contributed by atoms with E-state index in [0.29, 0.717) is 6.54 Å². The average Bonchev–Trinajstić information content (AvgIpc) is 2.29. The van der Waals surface area contributed by atoms with Gasteiger partial charge in [0.05, 0.1) is 6.54 Å². The highest BCUT2D eigenvalue weighted by atomic mass is 16.1. The Hall–Kier alpha value is -1.35. The molecule has 17 heavy (non-hydrogen) atoms. The maximum absolute atomic E-state index is 11.5. The van der Waals surface area contributed by atoms with Crippen LogP contribution in [0.25, 0.3) is 0 Å². The van der Waals surface area contributed by atoms with E-state index in [0.717, 1.165) is 19.5 Å². The maximum Gasteiger partial charge on any atom is 0.234 e. The summed E-state index contributed by atoms with van der Waals surface area (Å²) in [5, 5.41) is 2.88. The predicted octanol–water partition coefficient (Wildman–Crippen LogP) is 1.95. The maximum atomic E-state index is 11.5. The highest BCUT2D eigenvalue weighted by Gasteiger charge is 2.07. The third-order valence-electron chi connectivity index (χ3n) is 2.69. The van der Waals surface area contributed by atoms with Crippen LogP contribution in [0.4, 0.5) is 0 Å². The minimum atomic E-state index is 0.0999. The molecule has 0 aliphatic carbocycles. The van der Waals surface area contributed by atoms with Crippen LogP contribution in [0.3, 0.4) is 0 Å². The molecule has 1 aromatic carbocycles. The summed E-state index contributed by atoms with van der Waals surface area (Å²) < 4.78 is 0. The Labute approximate surface area is 104 Å². The van der Waals surface area contributed by atoms with Gasteiger partial charge in [0.25, 0.3) is 0 Å². The van der Waals surface area contributed by atoms with Crippen molar-refractivity contribution in [2.75, 3.05) is 20.1 Å². The summed E-state index contributed by atoms with van der Waals surface area (Å²) in [5.41, 5.74) is 2.55. The number of carbonyl (C=O) groups excluding carboxylic acids is 1. The Morgan fingerprint density at radius 1 is 1.35 bits per heavy atom. The van der Waals surface area contributed by atoms with Gasteiger partial charge in [0.15, 0.2) is 0 Å². The number of nitrogens with zero attached hydrogens (tertiary/aromatic N) is 1. The summed E-state index contributed by atoms with van der Waals surface area (Å²) in [6.07, 6.45) is 0.979. The van der Waals surface area contributed by atoms with E-state index in [9.17, 15) is 4.79 Å². The first-order chi connectivity index (χ1) is 8.13. The van der Waals surface area contributed by atoms with Crippen LogP contribution < -0.4 is 5.32 Å². The number of carbonyl (C=O) groups is 1. The highest BCUT2D eigenvalue weighted by Crippen LogP contribution is 2.08. The summed E-state index contributed by atoms with van der Waals surface area (Å²) in [5.74, 6) is 0.0999. The number of nitrogens with one attached hydrogen (secondary N) is 1. The second kappa shape index (κ2) is 7.07. The van der Waals surface area contributed by atoms with Crippen molar-refractivity contribution < 1.29 is 4.79 Å². The van der Waals surface area contributed by atoms with Crippen molar-refractivity contribution >= 4 is 5.91 Å². The Kier molecular flexibility index (Phi) is 5.70. The van der Waals surface area contributed by atoms with E-state index in [1.165, 1.54) is 11.1 Å². The van der Waals surface area contributed by atoms with Crippen LogP contribution in [-0.4, -0.2) is 30.9 Å². The lowest BCUT2D eigenvalue weighted by molar-refractivity contribution is -0.122. The molecule has 94 valence electrons. The number of hydrogen-bond donors (Lipinski definition) is 1. The first-order valence-corrected chi connectivity index (χ1v) is 6.13. The van der Waals surface area contributed by atoms with Crippen molar-refractivity contribution in [2.45, 2.75) is 26.8 Å². The van der Waals surface area contributed by atoms with E-state index in [-0.39, 0.29) is 5.91 Å². The highest BCUT2D eigenvalue weighted by molar-refractivity contribution is 5.77. The lowest BCUT2D eigenvalue weighted by Gasteiger charge is -2.17. The molecule has 1 amide bonds. The molecule has 0 bridgehead atoms. The Morgan fingerprint density at radius 3 is 2.71 bits per heavy atom. The van der Waals surface area contributed by atoms with Gasteiger partial charge >= 0.3 is 0 Å². The van der Waals surface area contributed by atoms with E-state index >= 15 is 0 Å². The Bertz CT molecular complexity index is 363. The van der Waals surface area contributed by atoms with E-state index in [1.54, 1.807) is 0 Å². The second-order valence-corrected chi connectivity index (χ2v) is 4.45. The molecule has 0 unspecified atom stereocenters. The van der Waals surface area contributed by atoms with Crippen molar-refractivity contribution in [2.24, 2.45) is 0 Å². The topological polar surface area (TPSA) is 32.3 Å². The van der Waals surface area contributed by atoms with Gasteiger partial charge in [-0.1, -0.05) is 31.2 Å². The molecular formula is C14H22N2O. The van der Waals surface area contributed by atoms with Crippen molar-refractivity contribution in [3.05, 3.63) is 35.4 Å². The fourth-order valence-corrected chi connectivity index (χ4v) is 1.70. The number of aryl methyl sites for hydroxylation is 1. The molecule has 0 aliphatic rings. The van der Waals surface area contributed by atoms with Crippen molar-refractivity contribution in [1.82, 2.24) is 10.2 Å². The second-order valence-electron chi connectivity index (χ2n) is 4.45. The molecule has 1 rings (SSSR count). The zero-order valence-electron chi connectivity index (χ0n) is 11.0. The summed E-state index contributed by atoms with van der Waals surface area (Å²) in [4.78, 5) is 13.6. The van der Waals surface area contributed by atoms with Gasteiger partial charge in [-0.15, -0.1) is 0 Å². The minimum absolute atomic E-state index is 0.0999. The smallest absolute Gasteiger partial charge is 0.234 e. The molecule has 0 fully saturated rings. The Balaban J connectivity index is 2.42. The monoisotopic (exact) mass is 234 g/mol. The summed E-state index contributed by atoms with van der Waals surface area (Å²) in [6.45, 7) is 6.18. The van der Waals surface area contributed by atoms with Crippen LogP contribution in [0.5, 0.6) is 0 Å². The predicted molar refractivity (Wildman–Crippen MR) is 70.8 cm³/mol. The third kappa shape index (κ3) is 5.00. The molecular weight excluding hydrogens is 212 g/mol. The molecule has 3 heteroatoms. The van der Waals surface area contributed by atoms with E-state index < -0.39 is 0 Å². The van der Waals surface area contributed by atoms with Crippen molar-refractivity contribution in [3.8, 4) is 0 Å². The van der Waals surface area contributed by atoms with Gasteiger partial charge in [-0.25, -0.2) is 0 Å². The van der Waals surface area contributed by atoms with Crippen LogP contribution in [0.15, 0.2) is 24.3 Å². The van der Waals surface area contributed by atoms with Gasteiger partial charge in [0, 0.05) is 13.1 Å². The van der Waals surface area contributed by atoms with Gasteiger partial charge in [0.2, 0.25) is 5.91 Å². The van der Waals surface area contributed by atoms with Crippen LogP contribution in [0.2, 0.25) is 0 Å². The van der Waals surface area contributed by atoms with Gasteiger partial charge < -0.3 is 5.32 Å². The van der Waals surface area contributed by atoms with Crippen LogP contribution in [0, 0.1) is 6.92 Å². The van der Waals surface area contributed by atoms with Crippen molar-refractivity contribution in [1.29, 1.82) is 0 Å². The first-order valence-electron chi connectivity index (χ1n) is 6.13. The van der Waals surface area contributed by atoms with E-state index in [2.05, 4.69) is 31.3 Å². The van der Waals surface area contributed by atoms with Gasteiger partial charge in [0.1, 0.15) is 0 Å². The van der Waals surface area contributed by atoms with Crippen molar-refractivity contribution in [3.63, 3.8) is 0 Å². The van der Waals surface area contributed by atoms with Gasteiger partial charge in [-0.2, -0.15) is 0 Å². The molecule has 1 aromatic rings. The van der Waals surface area contributed by atoms with Crippen LogP contribution in [-0.2, 0) is 11.3 Å². The van der Waals surface area contributed by atoms with Gasteiger partial charge in [-0.05, 0) is 31.5 Å². The lowest BCUT2D eigenvalue weighted by atomic mass is 10.1. The number of amides is 1. The minimum Gasteiger partial charge on any atom is -0.355 e. The molecule has 0 saturated heterocycles. The summed E-state index contributed by atoms with van der Waals surface area (Å²) >= 11 is 0. The van der Waals surface area contributed by atoms with Gasteiger partial charge in [-0.3, -0.25) is 9.69 Å². The number of benzene rings is 1. The van der Waals surface area contributed by atoms with E-state index in [1.807, 2.05) is 24.1 Å². The molecule has 0 saturated carbocycles. The number of hydrogen-bond acceptors (Lipinski definition) is 2. The quantitative estimate of drug-likeness (QED) is 0.816. The molecule has 0 spiro atoms. The molecule has 0 aliphatic heterocycles. The molecule has 3 nitrogen and oxygen atoms in total.